The lowest BCUT2D eigenvalue weighted by Gasteiger charge is -2.10. The fourth-order valence-corrected chi connectivity index (χ4v) is 1.36. The molecule has 1 aromatic rings. The van der Waals surface area contributed by atoms with E-state index in [1.807, 2.05) is 6.07 Å². The topological polar surface area (TPSA) is 102 Å². The zero-order valence-electron chi connectivity index (χ0n) is 8.93. The average Bonchev–Trinajstić information content (AvgIpc) is 2.28. The van der Waals surface area contributed by atoms with Gasteiger partial charge in [0.1, 0.15) is 6.04 Å². The van der Waals surface area contributed by atoms with Crippen LogP contribution in [0.3, 0.4) is 0 Å². The Morgan fingerprint density at radius 3 is 2.88 bits per heavy atom. The number of nitrogens with zero attached hydrogens (tertiary/aromatic N) is 1. The number of hydrogen-bond donors (Lipinski definition) is 2. The Morgan fingerprint density at radius 2 is 2.31 bits per heavy atom. The number of carbonyl (C=O) groups excluding carboxylic acids is 1. The van der Waals surface area contributed by atoms with Crippen LogP contribution in [0.4, 0.5) is 5.69 Å². The Balaban J connectivity index is 2.92. The third kappa shape index (κ3) is 2.72. The van der Waals surface area contributed by atoms with Gasteiger partial charge in [0.25, 0.3) is 0 Å². The smallest absolute Gasteiger partial charge is 0.322 e. The summed E-state index contributed by atoms with van der Waals surface area (Å²) in [6, 6.07) is 6.12. The van der Waals surface area contributed by atoms with Crippen LogP contribution < -0.4 is 11.5 Å². The number of nitriles is 1. The van der Waals surface area contributed by atoms with Gasteiger partial charge >= 0.3 is 5.97 Å². The van der Waals surface area contributed by atoms with Crippen molar-refractivity contribution in [1.82, 2.24) is 0 Å². The second-order valence-corrected chi connectivity index (χ2v) is 3.36. The van der Waals surface area contributed by atoms with Crippen molar-refractivity contribution >= 4 is 11.7 Å². The molecule has 0 radical (unpaired) electrons. The minimum Gasteiger partial charge on any atom is -0.468 e. The zero-order chi connectivity index (χ0) is 12.1. The first-order valence-corrected chi connectivity index (χ1v) is 4.70. The molecule has 0 amide bonds. The lowest BCUT2D eigenvalue weighted by Crippen LogP contribution is -2.33. The first-order valence-electron chi connectivity index (χ1n) is 4.70. The normalized spacial score (nSPS) is 11.6. The molecule has 1 rings (SSSR count). The Kier molecular flexibility index (Phi) is 3.86. The standard InChI is InChI=1S/C11H13N3O2/c1-16-11(15)10(14)5-8-4-9(13)3-2-7(8)6-12/h2-4,10H,5,13-14H2,1H3/t10-/m1/s1. The molecular weight excluding hydrogens is 206 g/mol. The maximum Gasteiger partial charge on any atom is 0.322 e. The van der Waals surface area contributed by atoms with E-state index in [9.17, 15) is 4.79 Å². The molecule has 84 valence electrons. The largest absolute Gasteiger partial charge is 0.468 e. The van der Waals surface area contributed by atoms with Crippen LogP contribution in [0.5, 0.6) is 0 Å². The maximum atomic E-state index is 11.1. The van der Waals surface area contributed by atoms with Crippen LogP contribution in [-0.2, 0) is 16.0 Å². The van der Waals surface area contributed by atoms with Crippen molar-refractivity contribution in [1.29, 1.82) is 5.26 Å². The van der Waals surface area contributed by atoms with E-state index in [2.05, 4.69) is 4.74 Å². The molecule has 0 aliphatic heterocycles. The van der Waals surface area contributed by atoms with E-state index in [-0.39, 0.29) is 6.42 Å². The Hall–Kier alpha value is -2.06. The molecule has 0 aromatic heterocycles. The lowest BCUT2D eigenvalue weighted by atomic mass is 10.0. The van der Waals surface area contributed by atoms with E-state index >= 15 is 0 Å². The summed E-state index contributed by atoms with van der Waals surface area (Å²) >= 11 is 0. The fraction of sp³-hybridized carbons (Fsp3) is 0.273. The van der Waals surface area contributed by atoms with Crippen LogP contribution in [0.2, 0.25) is 0 Å². The van der Waals surface area contributed by atoms with E-state index in [1.54, 1.807) is 18.2 Å². The van der Waals surface area contributed by atoms with E-state index < -0.39 is 12.0 Å². The lowest BCUT2D eigenvalue weighted by molar-refractivity contribution is -0.142. The molecule has 0 spiro atoms. The molecule has 1 atom stereocenters. The van der Waals surface area contributed by atoms with E-state index in [4.69, 9.17) is 16.7 Å². The number of methoxy groups -OCH3 is 1. The van der Waals surface area contributed by atoms with Crippen molar-refractivity contribution in [2.45, 2.75) is 12.5 Å². The summed E-state index contributed by atoms with van der Waals surface area (Å²) in [4.78, 5) is 11.1. The summed E-state index contributed by atoms with van der Waals surface area (Å²) in [6.07, 6.45) is 0.237. The van der Waals surface area contributed by atoms with Gasteiger partial charge in [0.15, 0.2) is 0 Å². The minimum atomic E-state index is -0.779. The molecule has 1 aromatic carbocycles. The van der Waals surface area contributed by atoms with Crippen LogP contribution in [0, 0.1) is 11.3 Å². The van der Waals surface area contributed by atoms with Crippen molar-refractivity contribution in [2.75, 3.05) is 12.8 Å². The van der Waals surface area contributed by atoms with Crippen molar-refractivity contribution in [3.63, 3.8) is 0 Å². The second-order valence-electron chi connectivity index (χ2n) is 3.36. The van der Waals surface area contributed by atoms with E-state index in [0.717, 1.165) is 0 Å². The van der Waals surface area contributed by atoms with E-state index in [0.29, 0.717) is 16.8 Å². The van der Waals surface area contributed by atoms with Crippen molar-refractivity contribution in [3.05, 3.63) is 29.3 Å². The zero-order valence-corrected chi connectivity index (χ0v) is 8.93. The van der Waals surface area contributed by atoms with Crippen LogP contribution in [0.1, 0.15) is 11.1 Å². The monoisotopic (exact) mass is 219 g/mol. The highest BCUT2D eigenvalue weighted by Crippen LogP contribution is 2.14. The SMILES string of the molecule is COC(=O)[C@H](N)Cc1cc(N)ccc1C#N. The van der Waals surface area contributed by atoms with Gasteiger partial charge in [-0.2, -0.15) is 5.26 Å². The number of esters is 1. The minimum absolute atomic E-state index is 0.237. The third-order valence-corrected chi connectivity index (χ3v) is 2.19. The molecule has 0 fully saturated rings. The average molecular weight is 219 g/mol. The van der Waals surface area contributed by atoms with Gasteiger partial charge in [-0.1, -0.05) is 0 Å². The summed E-state index contributed by atoms with van der Waals surface area (Å²) in [5, 5.41) is 8.87. The van der Waals surface area contributed by atoms with Crippen LogP contribution in [0.15, 0.2) is 18.2 Å². The predicted octanol–water partition coefficient (Wildman–Crippen LogP) is 0.183. The van der Waals surface area contributed by atoms with Gasteiger partial charge in [0.05, 0.1) is 18.7 Å². The summed E-state index contributed by atoms with van der Waals surface area (Å²) in [7, 11) is 1.27. The molecule has 5 heteroatoms. The quantitative estimate of drug-likeness (QED) is 0.557. The molecule has 5 nitrogen and oxygen atoms in total. The number of hydrogen-bond acceptors (Lipinski definition) is 5. The number of carbonyl (C=O) groups is 1. The van der Waals surface area contributed by atoms with Crippen LogP contribution in [-0.4, -0.2) is 19.1 Å². The number of benzene rings is 1. The number of ether oxygens (including phenoxy) is 1. The van der Waals surface area contributed by atoms with Crippen LogP contribution in [0.25, 0.3) is 0 Å². The fourth-order valence-electron chi connectivity index (χ4n) is 1.36. The Bertz CT molecular complexity index is 437. The highest BCUT2D eigenvalue weighted by atomic mass is 16.5. The van der Waals surface area contributed by atoms with Crippen molar-refractivity contribution in [2.24, 2.45) is 5.73 Å². The van der Waals surface area contributed by atoms with Crippen LogP contribution >= 0.6 is 0 Å². The van der Waals surface area contributed by atoms with Gasteiger partial charge in [-0.15, -0.1) is 0 Å². The Morgan fingerprint density at radius 1 is 1.62 bits per heavy atom. The summed E-state index contributed by atoms with van der Waals surface area (Å²) in [6.45, 7) is 0. The molecule has 0 bridgehead atoms. The summed E-state index contributed by atoms with van der Waals surface area (Å²) < 4.78 is 4.51. The van der Waals surface area contributed by atoms with Gasteiger partial charge in [0, 0.05) is 5.69 Å². The van der Waals surface area contributed by atoms with Gasteiger partial charge < -0.3 is 16.2 Å². The summed E-state index contributed by atoms with van der Waals surface area (Å²) in [5.74, 6) is -0.508. The van der Waals surface area contributed by atoms with E-state index in [1.165, 1.54) is 7.11 Å². The molecule has 0 saturated carbocycles. The highest BCUT2D eigenvalue weighted by Gasteiger charge is 2.16. The molecule has 0 aliphatic carbocycles. The predicted molar refractivity (Wildman–Crippen MR) is 59.3 cm³/mol. The molecule has 0 saturated heterocycles. The molecular formula is C11H13N3O2. The maximum absolute atomic E-state index is 11.1. The Labute approximate surface area is 93.6 Å². The van der Waals surface area contributed by atoms with Gasteiger partial charge in [0.2, 0.25) is 0 Å². The number of rotatable bonds is 3. The third-order valence-electron chi connectivity index (χ3n) is 2.19. The molecule has 16 heavy (non-hydrogen) atoms. The van der Waals surface area contributed by atoms with Gasteiger partial charge in [-0.25, -0.2) is 0 Å². The first kappa shape index (κ1) is 12.0. The van der Waals surface area contributed by atoms with Gasteiger partial charge in [-0.3, -0.25) is 4.79 Å². The number of nitrogens with two attached hydrogens (primary N) is 2. The van der Waals surface area contributed by atoms with Gasteiger partial charge in [-0.05, 0) is 30.2 Å². The van der Waals surface area contributed by atoms with Crippen molar-refractivity contribution in [3.8, 4) is 6.07 Å². The number of anilines is 1. The summed E-state index contributed by atoms with van der Waals surface area (Å²) in [5.41, 5.74) is 12.9. The molecule has 4 N–H and O–H groups in total. The molecule has 0 heterocycles. The van der Waals surface area contributed by atoms with Crippen molar-refractivity contribution < 1.29 is 9.53 Å². The first-order chi connectivity index (χ1) is 7.58. The highest BCUT2D eigenvalue weighted by molar-refractivity contribution is 5.76. The molecule has 0 unspecified atom stereocenters. The molecule has 0 aliphatic rings. The number of nitrogen functional groups attached to an aromatic ring is 1. The second kappa shape index (κ2) is 5.14.